The summed E-state index contributed by atoms with van der Waals surface area (Å²) in [7, 11) is 2.04. The van der Waals surface area contributed by atoms with Crippen LogP contribution in [0.15, 0.2) is 6.20 Å². The first kappa shape index (κ1) is 15.2. The van der Waals surface area contributed by atoms with Gasteiger partial charge in [-0.2, -0.15) is 5.10 Å². The normalized spacial score (nSPS) is 16.2. The van der Waals surface area contributed by atoms with Crippen LogP contribution in [0.5, 0.6) is 0 Å². The van der Waals surface area contributed by atoms with Crippen LogP contribution < -0.4 is 0 Å². The van der Waals surface area contributed by atoms with Crippen LogP contribution in [0.25, 0.3) is 0 Å². The molecule has 16 heavy (non-hydrogen) atoms. The fraction of sp³-hybridized carbons (Fsp3) is 0.786. The Morgan fingerprint density at radius 2 is 1.75 bits per heavy atom. The van der Waals surface area contributed by atoms with Crippen LogP contribution in [0.4, 0.5) is 0 Å². The SMILES string of the molecule is CC.CC.Cn1ncc2c1CCC(C)(C)C2. The summed E-state index contributed by atoms with van der Waals surface area (Å²) in [5.74, 6) is 0. The molecule has 0 atom stereocenters. The first-order chi connectivity index (χ1) is 7.58. The molecule has 0 amide bonds. The Labute approximate surface area is 101 Å². The van der Waals surface area contributed by atoms with Crippen LogP contribution in [0.3, 0.4) is 0 Å². The lowest BCUT2D eigenvalue weighted by Gasteiger charge is -2.29. The van der Waals surface area contributed by atoms with Gasteiger partial charge in [-0.3, -0.25) is 4.68 Å². The van der Waals surface area contributed by atoms with E-state index in [0.717, 1.165) is 0 Å². The number of hydrogen-bond donors (Lipinski definition) is 0. The molecule has 0 N–H and O–H groups in total. The zero-order valence-electron chi connectivity index (χ0n) is 12.1. The molecule has 0 aliphatic heterocycles. The topological polar surface area (TPSA) is 17.8 Å². The second-order valence-corrected chi connectivity index (χ2v) is 4.58. The second kappa shape index (κ2) is 6.72. The second-order valence-electron chi connectivity index (χ2n) is 4.58. The fourth-order valence-electron chi connectivity index (χ4n) is 2.04. The minimum Gasteiger partial charge on any atom is -0.272 e. The molecule has 2 nitrogen and oxygen atoms in total. The number of aryl methyl sites for hydroxylation is 1. The number of hydrogen-bond acceptors (Lipinski definition) is 1. The standard InChI is InChI=1S/C10H16N2.2C2H6/c1-10(2)5-4-9-8(6-10)7-11-12(9)3;2*1-2/h7H,4-6H2,1-3H3;2*1-2H3. The van der Waals surface area contributed by atoms with Crippen molar-refractivity contribution in [3.05, 3.63) is 17.5 Å². The lowest BCUT2D eigenvalue weighted by atomic mass is 9.77. The molecule has 1 aliphatic rings. The molecule has 2 heteroatoms. The minimum atomic E-state index is 0.482. The zero-order chi connectivity index (χ0) is 12.8. The van der Waals surface area contributed by atoms with E-state index in [9.17, 15) is 0 Å². The van der Waals surface area contributed by atoms with Gasteiger partial charge in [0.15, 0.2) is 0 Å². The monoisotopic (exact) mass is 224 g/mol. The minimum absolute atomic E-state index is 0.482. The molecule has 0 saturated heterocycles. The smallest absolute Gasteiger partial charge is 0.0524 e. The van der Waals surface area contributed by atoms with E-state index in [1.54, 1.807) is 0 Å². The van der Waals surface area contributed by atoms with Crippen molar-refractivity contribution in [1.82, 2.24) is 9.78 Å². The molecule has 0 bridgehead atoms. The molecule has 0 spiro atoms. The van der Waals surface area contributed by atoms with E-state index in [4.69, 9.17) is 0 Å². The summed E-state index contributed by atoms with van der Waals surface area (Å²) >= 11 is 0. The average Bonchev–Trinajstić information content (AvgIpc) is 2.64. The van der Waals surface area contributed by atoms with E-state index in [0.29, 0.717) is 5.41 Å². The Morgan fingerprint density at radius 1 is 1.19 bits per heavy atom. The number of fused-ring (bicyclic) bond motifs is 1. The molecular formula is C14H28N2. The van der Waals surface area contributed by atoms with E-state index in [1.807, 2.05) is 45.6 Å². The third-order valence-corrected chi connectivity index (χ3v) is 2.86. The zero-order valence-corrected chi connectivity index (χ0v) is 12.1. The predicted octanol–water partition coefficient (Wildman–Crippen LogP) is 3.99. The van der Waals surface area contributed by atoms with Gasteiger partial charge in [0.2, 0.25) is 0 Å². The Hall–Kier alpha value is -0.790. The third-order valence-electron chi connectivity index (χ3n) is 2.86. The van der Waals surface area contributed by atoms with Gasteiger partial charge >= 0.3 is 0 Å². The molecule has 0 aromatic carbocycles. The van der Waals surface area contributed by atoms with E-state index >= 15 is 0 Å². The Balaban J connectivity index is 0.000000509. The lowest BCUT2D eigenvalue weighted by Crippen LogP contribution is -2.22. The summed E-state index contributed by atoms with van der Waals surface area (Å²) < 4.78 is 2.02. The van der Waals surface area contributed by atoms with Crippen LogP contribution in [0.1, 0.15) is 59.2 Å². The van der Waals surface area contributed by atoms with Crippen LogP contribution in [0.2, 0.25) is 0 Å². The molecule has 1 aromatic heterocycles. The molecule has 1 heterocycles. The number of rotatable bonds is 0. The summed E-state index contributed by atoms with van der Waals surface area (Å²) in [5, 5.41) is 4.28. The van der Waals surface area contributed by atoms with Gasteiger partial charge in [-0.25, -0.2) is 0 Å². The van der Waals surface area contributed by atoms with Gasteiger partial charge in [0, 0.05) is 12.7 Å². The molecule has 2 rings (SSSR count). The van der Waals surface area contributed by atoms with Crippen molar-refractivity contribution in [3.8, 4) is 0 Å². The maximum atomic E-state index is 4.28. The quantitative estimate of drug-likeness (QED) is 0.651. The maximum absolute atomic E-state index is 4.28. The van der Waals surface area contributed by atoms with E-state index < -0.39 is 0 Å². The van der Waals surface area contributed by atoms with Gasteiger partial charge in [0.05, 0.1) is 6.20 Å². The average molecular weight is 224 g/mol. The van der Waals surface area contributed by atoms with Crippen molar-refractivity contribution < 1.29 is 0 Å². The van der Waals surface area contributed by atoms with Crippen molar-refractivity contribution in [2.45, 2.75) is 60.8 Å². The largest absolute Gasteiger partial charge is 0.272 e. The van der Waals surface area contributed by atoms with Crippen LogP contribution in [-0.4, -0.2) is 9.78 Å². The van der Waals surface area contributed by atoms with E-state index in [-0.39, 0.29) is 0 Å². The van der Waals surface area contributed by atoms with Gasteiger partial charge in [-0.05, 0) is 30.2 Å². The van der Waals surface area contributed by atoms with Crippen LogP contribution >= 0.6 is 0 Å². The van der Waals surface area contributed by atoms with Crippen LogP contribution in [-0.2, 0) is 19.9 Å². The van der Waals surface area contributed by atoms with Crippen molar-refractivity contribution in [2.24, 2.45) is 12.5 Å². The van der Waals surface area contributed by atoms with Crippen LogP contribution in [0, 0.1) is 5.41 Å². The van der Waals surface area contributed by atoms with Crippen molar-refractivity contribution in [2.75, 3.05) is 0 Å². The van der Waals surface area contributed by atoms with Gasteiger partial charge in [0.1, 0.15) is 0 Å². The first-order valence-electron chi connectivity index (χ1n) is 6.58. The number of nitrogens with zero attached hydrogens (tertiary/aromatic N) is 2. The van der Waals surface area contributed by atoms with Crippen molar-refractivity contribution >= 4 is 0 Å². The van der Waals surface area contributed by atoms with Crippen molar-refractivity contribution in [1.29, 1.82) is 0 Å². The fourth-order valence-corrected chi connectivity index (χ4v) is 2.04. The summed E-state index contributed by atoms with van der Waals surface area (Å²) in [6.45, 7) is 12.7. The van der Waals surface area contributed by atoms with Gasteiger partial charge in [-0.1, -0.05) is 41.5 Å². The van der Waals surface area contributed by atoms with E-state index in [1.165, 1.54) is 30.5 Å². The third kappa shape index (κ3) is 3.66. The molecule has 1 aromatic rings. The van der Waals surface area contributed by atoms with Gasteiger partial charge in [-0.15, -0.1) is 0 Å². The molecule has 0 saturated carbocycles. The number of aromatic nitrogens is 2. The predicted molar refractivity (Wildman–Crippen MR) is 71.7 cm³/mol. The van der Waals surface area contributed by atoms with Gasteiger partial charge in [0.25, 0.3) is 0 Å². The lowest BCUT2D eigenvalue weighted by molar-refractivity contribution is 0.311. The van der Waals surface area contributed by atoms with E-state index in [2.05, 4.69) is 18.9 Å². The van der Waals surface area contributed by atoms with Crippen molar-refractivity contribution in [3.63, 3.8) is 0 Å². The molecular weight excluding hydrogens is 196 g/mol. The molecule has 1 aliphatic carbocycles. The highest BCUT2D eigenvalue weighted by molar-refractivity contribution is 5.22. The summed E-state index contributed by atoms with van der Waals surface area (Å²) in [5.41, 5.74) is 3.37. The Kier molecular flexibility index (Phi) is 6.39. The summed E-state index contributed by atoms with van der Waals surface area (Å²) in [6.07, 6.45) is 5.70. The Morgan fingerprint density at radius 3 is 2.31 bits per heavy atom. The Bertz CT molecular complexity index is 298. The highest BCUT2D eigenvalue weighted by atomic mass is 15.3. The summed E-state index contributed by atoms with van der Waals surface area (Å²) in [6, 6.07) is 0. The molecule has 94 valence electrons. The maximum Gasteiger partial charge on any atom is 0.0524 e. The summed E-state index contributed by atoms with van der Waals surface area (Å²) in [4.78, 5) is 0. The highest BCUT2D eigenvalue weighted by Crippen LogP contribution is 2.33. The van der Waals surface area contributed by atoms with Gasteiger partial charge < -0.3 is 0 Å². The molecule has 0 radical (unpaired) electrons. The molecule has 0 unspecified atom stereocenters. The first-order valence-corrected chi connectivity index (χ1v) is 6.58. The highest BCUT2D eigenvalue weighted by Gasteiger charge is 2.26. The molecule has 0 fully saturated rings.